The van der Waals surface area contributed by atoms with E-state index in [4.69, 9.17) is 0 Å². The fraction of sp³-hybridized carbons (Fsp3) is 0.286. The molecule has 3 heterocycles. The first-order chi connectivity index (χ1) is 10.7. The molecular weight excluding hydrogens is 321 g/mol. The minimum atomic E-state index is -0.377. The molecule has 0 bridgehead atoms. The highest BCUT2D eigenvalue weighted by Gasteiger charge is 2.18. The van der Waals surface area contributed by atoms with E-state index < -0.39 is 0 Å². The number of aryl methyl sites for hydroxylation is 1. The summed E-state index contributed by atoms with van der Waals surface area (Å²) in [4.78, 5) is 9.02. The van der Waals surface area contributed by atoms with Gasteiger partial charge in [-0.15, -0.1) is 21.5 Å². The molecule has 0 fully saturated rings. The largest absolute Gasteiger partial charge is 0.301 e. The van der Waals surface area contributed by atoms with Crippen molar-refractivity contribution < 1.29 is 4.39 Å². The third-order valence-electron chi connectivity index (χ3n) is 3.13. The average Bonchev–Trinajstić information content (AvgIpc) is 3.18. The lowest BCUT2D eigenvalue weighted by Crippen LogP contribution is -2.01. The van der Waals surface area contributed by atoms with Crippen molar-refractivity contribution in [1.29, 1.82) is 0 Å². The van der Waals surface area contributed by atoms with Gasteiger partial charge in [0.2, 0.25) is 0 Å². The van der Waals surface area contributed by atoms with Gasteiger partial charge >= 0.3 is 0 Å². The number of halogens is 1. The molecule has 3 aromatic rings. The third kappa shape index (κ3) is 2.76. The van der Waals surface area contributed by atoms with Gasteiger partial charge in [0.15, 0.2) is 16.8 Å². The van der Waals surface area contributed by atoms with Gasteiger partial charge in [0.25, 0.3) is 0 Å². The highest BCUT2D eigenvalue weighted by molar-refractivity contribution is 7.99. The summed E-state index contributed by atoms with van der Waals surface area (Å²) in [6.45, 7) is 4.58. The van der Waals surface area contributed by atoms with Gasteiger partial charge in [-0.05, 0) is 36.6 Å². The Hall–Kier alpha value is -1.80. The zero-order chi connectivity index (χ0) is 15.5. The Labute approximate surface area is 135 Å². The van der Waals surface area contributed by atoms with Crippen molar-refractivity contribution in [2.24, 2.45) is 0 Å². The second-order valence-electron chi connectivity index (χ2n) is 4.42. The molecule has 0 unspecified atom stereocenters. The second kappa shape index (κ2) is 6.53. The van der Waals surface area contributed by atoms with Crippen LogP contribution in [0.25, 0.3) is 10.7 Å². The van der Waals surface area contributed by atoms with E-state index in [9.17, 15) is 4.39 Å². The van der Waals surface area contributed by atoms with Crippen molar-refractivity contribution in [2.45, 2.75) is 37.0 Å². The maximum Gasteiger partial charge on any atom is 0.197 e. The lowest BCUT2D eigenvalue weighted by Gasteiger charge is -2.07. The molecule has 0 aliphatic heterocycles. The van der Waals surface area contributed by atoms with E-state index in [2.05, 4.69) is 20.2 Å². The van der Waals surface area contributed by atoms with Gasteiger partial charge in [0.1, 0.15) is 11.4 Å². The molecule has 3 aromatic heterocycles. The van der Waals surface area contributed by atoms with Crippen LogP contribution in [-0.2, 0) is 13.0 Å². The van der Waals surface area contributed by atoms with Gasteiger partial charge in [-0.3, -0.25) is 0 Å². The van der Waals surface area contributed by atoms with Gasteiger partial charge in [0, 0.05) is 6.54 Å². The molecule has 8 heteroatoms. The van der Waals surface area contributed by atoms with Gasteiger partial charge in [-0.2, -0.15) is 0 Å². The van der Waals surface area contributed by atoms with E-state index in [0.29, 0.717) is 23.8 Å². The molecule has 0 N–H and O–H groups in total. The van der Waals surface area contributed by atoms with Crippen LogP contribution in [0.2, 0.25) is 0 Å². The molecule has 0 saturated heterocycles. The van der Waals surface area contributed by atoms with Crippen molar-refractivity contribution in [2.75, 3.05) is 0 Å². The zero-order valence-electron chi connectivity index (χ0n) is 12.2. The fourth-order valence-electron chi connectivity index (χ4n) is 2.03. The maximum absolute atomic E-state index is 14.3. The Morgan fingerprint density at radius 1 is 1.27 bits per heavy atom. The van der Waals surface area contributed by atoms with E-state index in [1.807, 2.05) is 35.9 Å². The molecule has 0 radical (unpaired) electrons. The van der Waals surface area contributed by atoms with Crippen LogP contribution in [0.3, 0.4) is 0 Å². The predicted molar refractivity (Wildman–Crippen MR) is 84.5 cm³/mol. The Bertz CT molecular complexity index is 770. The van der Waals surface area contributed by atoms with Crippen molar-refractivity contribution in [3.63, 3.8) is 0 Å². The minimum Gasteiger partial charge on any atom is -0.301 e. The van der Waals surface area contributed by atoms with Crippen molar-refractivity contribution in [1.82, 2.24) is 24.7 Å². The molecule has 3 rings (SSSR count). The van der Waals surface area contributed by atoms with E-state index >= 15 is 0 Å². The van der Waals surface area contributed by atoms with E-state index in [1.165, 1.54) is 18.1 Å². The summed E-state index contributed by atoms with van der Waals surface area (Å²) in [5, 5.41) is 11.3. The summed E-state index contributed by atoms with van der Waals surface area (Å²) >= 11 is 2.78. The van der Waals surface area contributed by atoms with E-state index in [0.717, 1.165) is 10.7 Å². The van der Waals surface area contributed by atoms with E-state index in [1.54, 1.807) is 11.3 Å². The Morgan fingerprint density at radius 2 is 2.14 bits per heavy atom. The fourth-order valence-corrected chi connectivity index (χ4v) is 3.63. The Kier molecular flexibility index (Phi) is 4.49. The molecule has 0 aromatic carbocycles. The smallest absolute Gasteiger partial charge is 0.197 e. The molecule has 0 saturated carbocycles. The molecule has 22 heavy (non-hydrogen) atoms. The molecule has 5 nitrogen and oxygen atoms in total. The number of rotatable bonds is 5. The summed E-state index contributed by atoms with van der Waals surface area (Å²) in [6.07, 6.45) is 1.92. The zero-order valence-corrected chi connectivity index (χ0v) is 13.8. The van der Waals surface area contributed by atoms with Crippen molar-refractivity contribution in [3.05, 3.63) is 35.4 Å². The standard InChI is InChI=1S/C14H14FN5S2/c1-3-9-11(15)13(17-8-16-9)22-14-19-18-12(20(14)4-2)10-6-5-7-21-10/h5-8H,3-4H2,1-2H3. The number of hydrogen-bond donors (Lipinski definition) is 0. The van der Waals surface area contributed by atoms with Crippen LogP contribution in [0.5, 0.6) is 0 Å². The third-order valence-corrected chi connectivity index (χ3v) is 4.96. The van der Waals surface area contributed by atoms with Crippen molar-refractivity contribution >= 4 is 23.1 Å². The lowest BCUT2D eigenvalue weighted by atomic mass is 10.3. The summed E-state index contributed by atoms with van der Waals surface area (Å²) in [5.74, 6) is 0.420. The molecular formula is C14H14FN5S2. The molecule has 0 aliphatic carbocycles. The Balaban J connectivity index is 1.97. The summed E-state index contributed by atoms with van der Waals surface area (Å²) < 4.78 is 16.2. The SMILES string of the molecule is CCc1ncnc(Sc2nnc(-c3cccs3)n2CC)c1F. The van der Waals surface area contributed by atoms with Crippen LogP contribution in [0, 0.1) is 5.82 Å². The van der Waals surface area contributed by atoms with Crippen LogP contribution < -0.4 is 0 Å². The van der Waals surface area contributed by atoms with Crippen LogP contribution in [-0.4, -0.2) is 24.7 Å². The van der Waals surface area contributed by atoms with Gasteiger partial charge in [-0.25, -0.2) is 14.4 Å². The molecule has 0 atom stereocenters. The Morgan fingerprint density at radius 3 is 2.82 bits per heavy atom. The van der Waals surface area contributed by atoms with Gasteiger partial charge in [-0.1, -0.05) is 13.0 Å². The highest BCUT2D eigenvalue weighted by Crippen LogP contribution is 2.31. The van der Waals surface area contributed by atoms with Crippen LogP contribution in [0.15, 0.2) is 34.0 Å². The lowest BCUT2D eigenvalue weighted by molar-refractivity contribution is 0.558. The van der Waals surface area contributed by atoms with E-state index in [-0.39, 0.29) is 10.8 Å². The predicted octanol–water partition coefficient (Wildman–Crippen LogP) is 3.67. The van der Waals surface area contributed by atoms with Crippen LogP contribution >= 0.6 is 23.1 Å². The quantitative estimate of drug-likeness (QED) is 0.666. The molecule has 0 aliphatic rings. The number of hydrogen-bond acceptors (Lipinski definition) is 6. The summed E-state index contributed by atoms with van der Waals surface area (Å²) in [7, 11) is 0. The van der Waals surface area contributed by atoms with Crippen molar-refractivity contribution in [3.8, 4) is 10.7 Å². The van der Waals surface area contributed by atoms with Crippen LogP contribution in [0.1, 0.15) is 19.5 Å². The first-order valence-corrected chi connectivity index (χ1v) is 8.58. The van der Waals surface area contributed by atoms with Gasteiger partial charge < -0.3 is 4.57 Å². The average molecular weight is 335 g/mol. The molecule has 0 amide bonds. The monoisotopic (exact) mass is 335 g/mol. The van der Waals surface area contributed by atoms with Gasteiger partial charge in [0.05, 0.1) is 10.6 Å². The second-order valence-corrected chi connectivity index (χ2v) is 6.33. The summed E-state index contributed by atoms with van der Waals surface area (Å²) in [5.41, 5.74) is 0.415. The molecule has 114 valence electrons. The van der Waals surface area contributed by atoms with Crippen LogP contribution in [0.4, 0.5) is 4.39 Å². The summed E-state index contributed by atoms with van der Waals surface area (Å²) in [6, 6.07) is 3.97. The topological polar surface area (TPSA) is 56.5 Å². The maximum atomic E-state index is 14.3. The number of nitrogens with zero attached hydrogens (tertiary/aromatic N) is 5. The normalized spacial score (nSPS) is 11.0. The number of thiophene rings is 1. The molecule has 0 spiro atoms. The highest BCUT2D eigenvalue weighted by atomic mass is 32.2. The number of aromatic nitrogens is 5. The first kappa shape index (κ1) is 15.1. The minimum absolute atomic E-state index is 0.284. The first-order valence-electron chi connectivity index (χ1n) is 6.88.